The quantitative estimate of drug-likeness (QED) is 0.798. The van der Waals surface area contributed by atoms with Gasteiger partial charge in [0.05, 0.1) is 17.2 Å². The molecule has 27 heavy (non-hydrogen) atoms. The van der Waals surface area contributed by atoms with Gasteiger partial charge in [-0.1, -0.05) is 23.4 Å². The summed E-state index contributed by atoms with van der Waals surface area (Å²) in [6.45, 7) is 3.05. The van der Waals surface area contributed by atoms with Crippen LogP contribution in [0.2, 0.25) is 0 Å². The molecule has 1 saturated carbocycles. The van der Waals surface area contributed by atoms with E-state index in [0.717, 1.165) is 6.07 Å². The van der Waals surface area contributed by atoms with E-state index in [1.165, 1.54) is 31.2 Å². The lowest BCUT2D eigenvalue weighted by molar-refractivity contribution is -0.154. The molecular weight excluding hydrogens is 365 g/mol. The molecule has 0 spiro atoms. The third-order valence-corrected chi connectivity index (χ3v) is 4.30. The molecule has 1 fully saturated rings. The first-order valence-corrected chi connectivity index (χ1v) is 8.27. The van der Waals surface area contributed by atoms with E-state index in [0.29, 0.717) is 5.69 Å². The molecule has 0 bridgehead atoms. The minimum absolute atomic E-state index is 0.0705. The van der Waals surface area contributed by atoms with Gasteiger partial charge in [-0.15, -0.1) is 0 Å². The summed E-state index contributed by atoms with van der Waals surface area (Å²) in [7, 11) is 0. The Morgan fingerprint density at radius 1 is 1.33 bits per heavy atom. The molecule has 0 saturated heterocycles. The van der Waals surface area contributed by atoms with Crippen LogP contribution in [0.3, 0.4) is 0 Å². The molecule has 2 aromatic rings. The molecule has 1 heterocycles. The summed E-state index contributed by atoms with van der Waals surface area (Å²) in [5.74, 6) is -2.47. The van der Waals surface area contributed by atoms with Crippen LogP contribution in [0.25, 0.3) is 0 Å². The van der Waals surface area contributed by atoms with Crippen LogP contribution in [0.1, 0.15) is 36.1 Å². The number of carbonyl (C=O) groups is 2. The van der Waals surface area contributed by atoms with Gasteiger partial charge in [0.15, 0.2) is 6.10 Å². The second kappa shape index (κ2) is 7.05. The summed E-state index contributed by atoms with van der Waals surface area (Å²) >= 11 is 0. The van der Waals surface area contributed by atoms with Crippen molar-refractivity contribution in [3.63, 3.8) is 0 Å². The Morgan fingerprint density at radius 2 is 2.04 bits per heavy atom. The van der Waals surface area contributed by atoms with Crippen LogP contribution in [-0.2, 0) is 20.5 Å². The van der Waals surface area contributed by atoms with E-state index in [2.05, 4.69) is 10.5 Å². The van der Waals surface area contributed by atoms with Gasteiger partial charge in [-0.3, -0.25) is 14.9 Å². The molecule has 3 atom stereocenters. The van der Waals surface area contributed by atoms with Crippen LogP contribution in [0.5, 0.6) is 0 Å². The van der Waals surface area contributed by atoms with E-state index in [1.807, 2.05) is 0 Å². The van der Waals surface area contributed by atoms with Crippen molar-refractivity contribution < 1.29 is 32.0 Å². The standard InChI is InChI=1S/C18H17F3N2O4/c1-9-7-15(27-23-9)22-16(24)10(2)26-17(25)13-8-12(13)11-5-3-4-6-14(11)18(19,20)21/h3-7,10,12-13H,8H2,1-2H3,(H,22,24)/t10-,12+,13-/m0/s1. The summed E-state index contributed by atoms with van der Waals surface area (Å²) in [5.41, 5.74) is -0.114. The number of halogens is 3. The van der Waals surface area contributed by atoms with Crippen molar-refractivity contribution >= 4 is 17.8 Å². The van der Waals surface area contributed by atoms with Crippen LogP contribution in [0.15, 0.2) is 34.9 Å². The number of aryl methyl sites for hydroxylation is 1. The molecule has 0 unspecified atom stereocenters. The van der Waals surface area contributed by atoms with E-state index in [-0.39, 0.29) is 17.9 Å². The number of nitrogens with one attached hydrogen (secondary N) is 1. The lowest BCUT2D eigenvalue weighted by Gasteiger charge is -2.14. The van der Waals surface area contributed by atoms with Gasteiger partial charge < -0.3 is 9.26 Å². The fourth-order valence-corrected chi connectivity index (χ4v) is 2.84. The van der Waals surface area contributed by atoms with Gasteiger partial charge in [-0.2, -0.15) is 13.2 Å². The van der Waals surface area contributed by atoms with Gasteiger partial charge in [0, 0.05) is 6.07 Å². The van der Waals surface area contributed by atoms with Crippen molar-refractivity contribution in [1.82, 2.24) is 5.16 Å². The van der Waals surface area contributed by atoms with Crippen molar-refractivity contribution in [2.45, 2.75) is 38.5 Å². The monoisotopic (exact) mass is 382 g/mol. The number of esters is 1. The highest BCUT2D eigenvalue weighted by Crippen LogP contribution is 2.51. The van der Waals surface area contributed by atoms with Crippen LogP contribution in [-0.4, -0.2) is 23.1 Å². The van der Waals surface area contributed by atoms with Crippen molar-refractivity contribution in [2.24, 2.45) is 5.92 Å². The molecule has 3 rings (SSSR count). The first-order valence-electron chi connectivity index (χ1n) is 8.27. The van der Waals surface area contributed by atoms with Crippen LogP contribution < -0.4 is 5.32 Å². The van der Waals surface area contributed by atoms with Gasteiger partial charge in [-0.05, 0) is 37.8 Å². The summed E-state index contributed by atoms with van der Waals surface area (Å²) in [5, 5.41) is 6.02. The maximum absolute atomic E-state index is 13.1. The predicted molar refractivity (Wildman–Crippen MR) is 87.7 cm³/mol. The van der Waals surface area contributed by atoms with E-state index < -0.39 is 41.6 Å². The zero-order chi connectivity index (χ0) is 19.8. The fourth-order valence-electron chi connectivity index (χ4n) is 2.84. The molecule has 0 aliphatic heterocycles. The number of alkyl halides is 3. The first-order chi connectivity index (χ1) is 12.7. The minimum Gasteiger partial charge on any atom is -0.452 e. The van der Waals surface area contributed by atoms with Gasteiger partial charge in [0.2, 0.25) is 5.88 Å². The van der Waals surface area contributed by atoms with Crippen LogP contribution in [0, 0.1) is 12.8 Å². The maximum atomic E-state index is 13.1. The fraction of sp³-hybridized carbons (Fsp3) is 0.389. The molecule has 0 radical (unpaired) electrons. The molecule has 144 valence electrons. The second-order valence-electron chi connectivity index (χ2n) is 6.43. The lowest BCUT2D eigenvalue weighted by atomic mass is 10.0. The minimum atomic E-state index is -4.49. The zero-order valence-electron chi connectivity index (χ0n) is 14.5. The number of hydrogen-bond acceptors (Lipinski definition) is 5. The highest BCUT2D eigenvalue weighted by Gasteiger charge is 2.49. The molecule has 9 heteroatoms. The summed E-state index contributed by atoms with van der Waals surface area (Å²) in [6, 6.07) is 6.66. The molecule has 1 aromatic heterocycles. The van der Waals surface area contributed by atoms with Crippen molar-refractivity contribution in [3.8, 4) is 0 Å². The Bertz CT molecular complexity index is 862. The number of benzene rings is 1. The zero-order valence-corrected chi connectivity index (χ0v) is 14.5. The van der Waals surface area contributed by atoms with E-state index >= 15 is 0 Å². The molecule has 1 amide bonds. The predicted octanol–water partition coefficient (Wildman–Crippen LogP) is 3.68. The summed E-state index contributed by atoms with van der Waals surface area (Å²) in [6.07, 6.45) is -5.36. The molecule has 1 aliphatic rings. The topological polar surface area (TPSA) is 81.4 Å². The largest absolute Gasteiger partial charge is 0.452 e. The Labute approximate surface area is 152 Å². The maximum Gasteiger partial charge on any atom is 0.416 e. The van der Waals surface area contributed by atoms with E-state index in [9.17, 15) is 22.8 Å². The Kier molecular flexibility index (Phi) is 4.95. The van der Waals surface area contributed by atoms with Crippen molar-refractivity contribution in [1.29, 1.82) is 0 Å². The number of hydrogen-bond donors (Lipinski definition) is 1. The Balaban J connectivity index is 1.60. The summed E-state index contributed by atoms with van der Waals surface area (Å²) in [4.78, 5) is 24.2. The molecular formula is C18H17F3N2O4. The van der Waals surface area contributed by atoms with E-state index in [4.69, 9.17) is 9.26 Å². The SMILES string of the molecule is Cc1cc(NC(=O)[C@H](C)OC(=O)[C@H]2C[C@@H]2c2ccccc2C(F)(F)F)on1. The van der Waals surface area contributed by atoms with Crippen molar-refractivity contribution in [2.75, 3.05) is 5.32 Å². The number of amides is 1. The van der Waals surface area contributed by atoms with Gasteiger partial charge in [0.25, 0.3) is 5.91 Å². The van der Waals surface area contributed by atoms with E-state index in [1.54, 1.807) is 6.92 Å². The number of anilines is 1. The number of ether oxygens (including phenoxy) is 1. The van der Waals surface area contributed by atoms with Crippen molar-refractivity contribution in [3.05, 3.63) is 47.2 Å². The number of nitrogens with zero attached hydrogens (tertiary/aromatic N) is 1. The highest BCUT2D eigenvalue weighted by molar-refractivity contribution is 5.94. The summed E-state index contributed by atoms with van der Waals surface area (Å²) < 4.78 is 49.3. The van der Waals surface area contributed by atoms with Gasteiger partial charge in [-0.25, -0.2) is 0 Å². The van der Waals surface area contributed by atoms with Crippen LogP contribution >= 0.6 is 0 Å². The van der Waals surface area contributed by atoms with Crippen LogP contribution in [0.4, 0.5) is 19.1 Å². The normalized spacial score (nSPS) is 20.0. The average Bonchev–Trinajstić information content (AvgIpc) is 3.30. The number of carbonyl (C=O) groups excluding carboxylic acids is 2. The highest BCUT2D eigenvalue weighted by atomic mass is 19.4. The Hall–Kier alpha value is -2.84. The first kappa shape index (κ1) is 18.9. The third-order valence-electron chi connectivity index (χ3n) is 4.30. The molecule has 1 N–H and O–H groups in total. The number of aromatic nitrogens is 1. The lowest BCUT2D eigenvalue weighted by Crippen LogP contribution is -2.30. The smallest absolute Gasteiger partial charge is 0.416 e. The Morgan fingerprint density at radius 3 is 2.67 bits per heavy atom. The molecule has 6 nitrogen and oxygen atoms in total. The molecule has 1 aliphatic carbocycles. The molecule has 1 aromatic carbocycles. The average molecular weight is 382 g/mol. The number of rotatable bonds is 5. The van der Waals surface area contributed by atoms with Gasteiger partial charge >= 0.3 is 12.1 Å². The third kappa shape index (κ3) is 4.29. The second-order valence-corrected chi connectivity index (χ2v) is 6.43. The van der Waals surface area contributed by atoms with Gasteiger partial charge in [0.1, 0.15) is 0 Å².